The summed E-state index contributed by atoms with van der Waals surface area (Å²) >= 11 is 0. The molecule has 2 N–H and O–H groups in total. The third-order valence-electron chi connectivity index (χ3n) is 2.73. The average Bonchev–Trinajstić information content (AvgIpc) is 2.33. The molecule has 0 atom stereocenters. The Bertz CT molecular complexity index is 448. The fourth-order valence-electron chi connectivity index (χ4n) is 1.89. The molecule has 0 aliphatic rings. The van der Waals surface area contributed by atoms with E-state index in [0.29, 0.717) is 0 Å². The first-order chi connectivity index (χ1) is 8.24. The first-order valence-corrected chi connectivity index (χ1v) is 5.81. The van der Waals surface area contributed by atoms with Crippen LogP contribution in [-0.2, 0) is 13.1 Å². The van der Waals surface area contributed by atoms with E-state index in [0.717, 1.165) is 18.8 Å². The molecule has 0 saturated carbocycles. The zero-order valence-electron chi connectivity index (χ0n) is 10.1. The summed E-state index contributed by atoms with van der Waals surface area (Å²) in [6.07, 6.45) is 0. The predicted molar refractivity (Wildman–Crippen MR) is 72.5 cm³/mol. The fourth-order valence-corrected chi connectivity index (χ4v) is 1.89. The van der Waals surface area contributed by atoms with Gasteiger partial charge < -0.3 is 5.73 Å². The molecule has 2 aromatic rings. The van der Waals surface area contributed by atoms with Crippen molar-refractivity contribution in [1.29, 1.82) is 0 Å². The number of nitrogens with zero attached hydrogens (tertiary/aromatic N) is 1. The van der Waals surface area contributed by atoms with Gasteiger partial charge in [-0.25, -0.2) is 0 Å². The number of hydrogen-bond donors (Lipinski definition) is 1. The van der Waals surface area contributed by atoms with Gasteiger partial charge in [0.15, 0.2) is 0 Å². The first-order valence-electron chi connectivity index (χ1n) is 5.81. The highest BCUT2D eigenvalue weighted by Gasteiger charge is 2.01. The van der Waals surface area contributed by atoms with Crippen molar-refractivity contribution in [1.82, 2.24) is 4.90 Å². The van der Waals surface area contributed by atoms with Crippen molar-refractivity contribution >= 4 is 5.69 Å². The van der Waals surface area contributed by atoms with Gasteiger partial charge in [-0.2, -0.15) is 0 Å². The van der Waals surface area contributed by atoms with E-state index in [1.54, 1.807) is 0 Å². The van der Waals surface area contributed by atoms with E-state index < -0.39 is 0 Å². The molecule has 2 nitrogen and oxygen atoms in total. The van der Waals surface area contributed by atoms with E-state index in [4.69, 9.17) is 5.73 Å². The van der Waals surface area contributed by atoms with Crippen molar-refractivity contribution in [2.45, 2.75) is 13.1 Å². The van der Waals surface area contributed by atoms with Gasteiger partial charge in [0, 0.05) is 18.8 Å². The molecule has 0 bridgehead atoms. The molecule has 0 aromatic heterocycles. The number of nitrogens with two attached hydrogens (primary N) is 1. The van der Waals surface area contributed by atoms with E-state index >= 15 is 0 Å². The highest BCUT2D eigenvalue weighted by molar-refractivity contribution is 5.39. The maximum absolute atomic E-state index is 5.67. The summed E-state index contributed by atoms with van der Waals surface area (Å²) < 4.78 is 0. The summed E-state index contributed by atoms with van der Waals surface area (Å²) in [5.74, 6) is 0. The number of benzene rings is 2. The SMILES string of the molecule is CN(Cc1ccccc1)Cc1ccc(N)cc1. The number of anilines is 1. The third-order valence-corrected chi connectivity index (χ3v) is 2.73. The molecular formula is C15H18N2. The van der Waals surface area contributed by atoms with Gasteiger partial charge >= 0.3 is 0 Å². The topological polar surface area (TPSA) is 29.3 Å². The number of nitrogen functional groups attached to an aromatic ring is 1. The molecule has 2 rings (SSSR count). The van der Waals surface area contributed by atoms with Crippen LogP contribution in [0.1, 0.15) is 11.1 Å². The van der Waals surface area contributed by atoms with Crippen LogP contribution in [0.5, 0.6) is 0 Å². The molecule has 0 unspecified atom stereocenters. The summed E-state index contributed by atoms with van der Waals surface area (Å²) in [7, 11) is 2.13. The van der Waals surface area contributed by atoms with Gasteiger partial charge in [0.2, 0.25) is 0 Å². The minimum atomic E-state index is 0.819. The van der Waals surface area contributed by atoms with Crippen LogP contribution in [-0.4, -0.2) is 11.9 Å². The molecule has 0 aliphatic heterocycles. The Morgan fingerprint density at radius 2 is 1.35 bits per heavy atom. The first kappa shape index (κ1) is 11.7. The van der Waals surface area contributed by atoms with Gasteiger partial charge in [-0.3, -0.25) is 4.90 Å². The van der Waals surface area contributed by atoms with Crippen LogP contribution in [0.25, 0.3) is 0 Å². The van der Waals surface area contributed by atoms with E-state index in [1.807, 2.05) is 18.2 Å². The molecule has 0 radical (unpaired) electrons. The third kappa shape index (κ3) is 3.61. The van der Waals surface area contributed by atoms with E-state index in [2.05, 4.69) is 48.3 Å². The molecule has 2 heteroatoms. The van der Waals surface area contributed by atoms with E-state index in [-0.39, 0.29) is 0 Å². The smallest absolute Gasteiger partial charge is 0.0314 e. The molecule has 88 valence electrons. The lowest BCUT2D eigenvalue weighted by Gasteiger charge is -2.16. The molecule has 0 amide bonds. The zero-order valence-corrected chi connectivity index (χ0v) is 10.1. The van der Waals surface area contributed by atoms with Crippen LogP contribution in [0.2, 0.25) is 0 Å². The predicted octanol–water partition coefficient (Wildman–Crippen LogP) is 2.90. The van der Waals surface area contributed by atoms with Crippen LogP contribution >= 0.6 is 0 Å². The van der Waals surface area contributed by atoms with Crippen molar-refractivity contribution in [3.63, 3.8) is 0 Å². The van der Waals surface area contributed by atoms with Gasteiger partial charge in [-0.15, -0.1) is 0 Å². The fraction of sp³-hybridized carbons (Fsp3) is 0.200. The molecule has 2 aromatic carbocycles. The van der Waals surface area contributed by atoms with E-state index in [1.165, 1.54) is 11.1 Å². The van der Waals surface area contributed by atoms with Gasteiger partial charge in [0.25, 0.3) is 0 Å². The highest BCUT2D eigenvalue weighted by atomic mass is 15.1. The highest BCUT2D eigenvalue weighted by Crippen LogP contribution is 2.10. The Kier molecular flexibility index (Phi) is 3.78. The molecule has 0 spiro atoms. The van der Waals surface area contributed by atoms with Crippen LogP contribution in [0.15, 0.2) is 54.6 Å². The van der Waals surface area contributed by atoms with Gasteiger partial charge in [-0.1, -0.05) is 42.5 Å². The normalized spacial score (nSPS) is 10.7. The molecular weight excluding hydrogens is 208 g/mol. The van der Waals surface area contributed by atoms with Gasteiger partial charge in [0.05, 0.1) is 0 Å². The van der Waals surface area contributed by atoms with Crippen LogP contribution in [0.4, 0.5) is 5.69 Å². The zero-order chi connectivity index (χ0) is 12.1. The maximum Gasteiger partial charge on any atom is 0.0314 e. The van der Waals surface area contributed by atoms with Gasteiger partial charge in [-0.05, 0) is 30.3 Å². The molecule has 0 heterocycles. The van der Waals surface area contributed by atoms with Crippen LogP contribution < -0.4 is 5.73 Å². The molecule has 0 aliphatic carbocycles. The average molecular weight is 226 g/mol. The summed E-state index contributed by atoms with van der Waals surface area (Å²) in [4.78, 5) is 2.29. The van der Waals surface area contributed by atoms with Crippen LogP contribution in [0.3, 0.4) is 0 Å². The summed E-state index contributed by atoms with van der Waals surface area (Å²) in [6.45, 7) is 1.90. The lowest BCUT2D eigenvalue weighted by molar-refractivity contribution is 0.319. The maximum atomic E-state index is 5.67. The largest absolute Gasteiger partial charge is 0.399 e. The van der Waals surface area contributed by atoms with Crippen molar-refractivity contribution in [2.75, 3.05) is 12.8 Å². The standard InChI is InChI=1S/C15H18N2/c1-17(11-13-5-3-2-4-6-13)12-14-7-9-15(16)10-8-14/h2-10H,11-12,16H2,1H3. The molecule has 17 heavy (non-hydrogen) atoms. The van der Waals surface area contributed by atoms with Gasteiger partial charge in [0.1, 0.15) is 0 Å². The summed E-state index contributed by atoms with van der Waals surface area (Å²) in [6, 6.07) is 18.6. The second kappa shape index (κ2) is 5.51. The van der Waals surface area contributed by atoms with Crippen molar-refractivity contribution in [2.24, 2.45) is 0 Å². The van der Waals surface area contributed by atoms with E-state index in [9.17, 15) is 0 Å². The Labute approximate surface area is 103 Å². The second-order valence-electron chi connectivity index (χ2n) is 4.40. The molecule has 0 fully saturated rings. The van der Waals surface area contributed by atoms with Crippen molar-refractivity contribution < 1.29 is 0 Å². The Balaban J connectivity index is 1.93. The quantitative estimate of drug-likeness (QED) is 0.812. The number of hydrogen-bond acceptors (Lipinski definition) is 2. The summed E-state index contributed by atoms with van der Waals surface area (Å²) in [5, 5.41) is 0. The Hall–Kier alpha value is -1.80. The van der Waals surface area contributed by atoms with Crippen molar-refractivity contribution in [3.8, 4) is 0 Å². The lowest BCUT2D eigenvalue weighted by Crippen LogP contribution is -2.17. The Morgan fingerprint density at radius 1 is 0.824 bits per heavy atom. The minimum Gasteiger partial charge on any atom is -0.399 e. The lowest BCUT2D eigenvalue weighted by atomic mass is 10.1. The van der Waals surface area contributed by atoms with Crippen LogP contribution in [0, 0.1) is 0 Å². The van der Waals surface area contributed by atoms with Crippen molar-refractivity contribution in [3.05, 3.63) is 65.7 Å². The Morgan fingerprint density at radius 3 is 1.94 bits per heavy atom. The minimum absolute atomic E-state index is 0.819. The molecule has 0 saturated heterocycles. The second-order valence-corrected chi connectivity index (χ2v) is 4.40. The monoisotopic (exact) mass is 226 g/mol. The number of rotatable bonds is 4. The summed E-state index contributed by atoms with van der Waals surface area (Å²) in [5.41, 5.74) is 9.11.